The van der Waals surface area contributed by atoms with Crippen LogP contribution in [0.5, 0.6) is 0 Å². The van der Waals surface area contributed by atoms with E-state index in [9.17, 15) is 13.2 Å². The monoisotopic (exact) mass is 358 g/mol. The van der Waals surface area contributed by atoms with Crippen LogP contribution in [0.1, 0.15) is 22.3 Å². The van der Waals surface area contributed by atoms with Crippen LogP contribution in [0.2, 0.25) is 0 Å². The maximum Gasteiger partial charge on any atom is 0.416 e. The largest absolute Gasteiger partial charge is 0.416 e. The number of halogens is 3. The number of hydrogen-bond acceptors (Lipinski definition) is 2. The molecule has 2 heterocycles. The van der Waals surface area contributed by atoms with Crippen LogP contribution in [0.25, 0.3) is 0 Å². The highest BCUT2D eigenvalue weighted by Gasteiger charge is 2.40. The lowest BCUT2D eigenvalue weighted by atomic mass is 9.86. The molecular weight excluding hydrogens is 341 g/mol. The lowest BCUT2D eigenvalue weighted by Gasteiger charge is -2.30. The smallest absolute Gasteiger partial charge is 0.363 e. The molecule has 0 aliphatic carbocycles. The lowest BCUT2D eigenvalue weighted by molar-refractivity contribution is -0.137. The first-order valence-electron chi connectivity index (χ1n) is 8.31. The van der Waals surface area contributed by atoms with Crippen LogP contribution in [-0.4, -0.2) is 9.55 Å². The molecule has 1 aliphatic rings. The minimum Gasteiger partial charge on any atom is -0.363 e. The van der Waals surface area contributed by atoms with Gasteiger partial charge in [0, 0.05) is 18.8 Å². The number of rotatable bonds is 4. The van der Waals surface area contributed by atoms with E-state index in [1.807, 2.05) is 35.0 Å². The average Bonchev–Trinajstić information content (AvgIpc) is 3.24. The van der Waals surface area contributed by atoms with Gasteiger partial charge in [0.25, 0.3) is 0 Å². The number of nitrogens with zero attached hydrogens (tertiary/aromatic N) is 2. The molecule has 0 radical (unpaired) electrons. The second kappa shape index (κ2) is 6.29. The summed E-state index contributed by atoms with van der Waals surface area (Å²) in [7, 11) is 0. The topological polar surface area (TPSA) is 27.1 Å². The zero-order chi connectivity index (χ0) is 18.2. The van der Waals surface area contributed by atoms with Crippen LogP contribution >= 0.6 is 0 Å². The average molecular weight is 358 g/mol. The van der Waals surface area contributed by atoms with Crippen molar-refractivity contribution in [3.05, 3.63) is 89.5 Å². The fraction of sp³-hybridized carbons (Fsp3) is 0.250. The zero-order valence-electron chi connectivity index (χ0n) is 13.9. The standard InChI is InChI=1S/C20H17F3N2O/c21-20(22,23)17-7-5-15(6-8-17)11-19(13-25-10-9-24-14-25)18-4-2-1-3-16(18)12-26-19/h1-10,14H,11-13H2. The Bertz CT molecular complexity index is 888. The van der Waals surface area contributed by atoms with E-state index in [1.165, 1.54) is 12.1 Å². The number of benzene rings is 2. The molecule has 0 saturated carbocycles. The summed E-state index contributed by atoms with van der Waals surface area (Å²) < 4.78 is 46.6. The third-order valence-corrected chi connectivity index (χ3v) is 4.78. The first-order chi connectivity index (χ1) is 12.5. The van der Waals surface area contributed by atoms with Gasteiger partial charge >= 0.3 is 6.18 Å². The maximum atomic E-state index is 12.8. The van der Waals surface area contributed by atoms with Gasteiger partial charge in [-0.05, 0) is 28.8 Å². The van der Waals surface area contributed by atoms with Crippen molar-refractivity contribution >= 4 is 0 Å². The summed E-state index contributed by atoms with van der Waals surface area (Å²) in [5.74, 6) is 0. The van der Waals surface area contributed by atoms with Gasteiger partial charge in [-0.2, -0.15) is 13.2 Å². The first kappa shape index (κ1) is 16.8. The van der Waals surface area contributed by atoms with Gasteiger partial charge in [-0.15, -0.1) is 0 Å². The van der Waals surface area contributed by atoms with E-state index < -0.39 is 17.3 Å². The Labute approximate surface area is 149 Å². The minimum atomic E-state index is -4.33. The lowest BCUT2D eigenvalue weighted by Crippen LogP contribution is -2.33. The summed E-state index contributed by atoms with van der Waals surface area (Å²) in [6.07, 6.45) is 1.44. The van der Waals surface area contributed by atoms with Crippen molar-refractivity contribution in [2.75, 3.05) is 0 Å². The molecule has 6 heteroatoms. The van der Waals surface area contributed by atoms with Gasteiger partial charge in [0.2, 0.25) is 0 Å². The molecule has 0 saturated heterocycles. The molecule has 134 valence electrons. The van der Waals surface area contributed by atoms with Crippen molar-refractivity contribution < 1.29 is 17.9 Å². The summed E-state index contributed by atoms with van der Waals surface area (Å²) in [6.45, 7) is 1.04. The molecular formula is C20H17F3N2O. The molecule has 26 heavy (non-hydrogen) atoms. The van der Waals surface area contributed by atoms with Crippen molar-refractivity contribution in [1.29, 1.82) is 0 Å². The summed E-state index contributed by atoms with van der Waals surface area (Å²) in [6, 6.07) is 13.3. The van der Waals surface area contributed by atoms with Gasteiger partial charge in [-0.1, -0.05) is 36.4 Å². The Balaban J connectivity index is 1.69. The third kappa shape index (κ3) is 3.12. The van der Waals surface area contributed by atoms with Crippen molar-refractivity contribution in [3.63, 3.8) is 0 Å². The second-order valence-corrected chi connectivity index (χ2v) is 6.55. The fourth-order valence-electron chi connectivity index (χ4n) is 3.53. The molecule has 3 nitrogen and oxygen atoms in total. The molecule has 3 aromatic rings. The number of ether oxygens (including phenoxy) is 1. The molecule has 0 amide bonds. The van der Waals surface area contributed by atoms with E-state index in [4.69, 9.17) is 4.74 Å². The highest BCUT2D eigenvalue weighted by Crippen LogP contribution is 2.41. The number of imidazole rings is 1. The molecule has 1 unspecified atom stereocenters. The Morgan fingerprint density at radius 3 is 2.54 bits per heavy atom. The van der Waals surface area contributed by atoms with Crippen LogP contribution in [0, 0.1) is 0 Å². The van der Waals surface area contributed by atoms with Crippen LogP contribution in [0.4, 0.5) is 13.2 Å². The van der Waals surface area contributed by atoms with Gasteiger partial charge in [0.15, 0.2) is 0 Å². The predicted molar refractivity (Wildman–Crippen MR) is 90.3 cm³/mol. The molecule has 1 atom stereocenters. The highest BCUT2D eigenvalue weighted by atomic mass is 19.4. The van der Waals surface area contributed by atoms with Crippen LogP contribution in [0.15, 0.2) is 67.3 Å². The summed E-state index contributed by atoms with van der Waals surface area (Å²) in [4.78, 5) is 4.08. The zero-order valence-corrected chi connectivity index (χ0v) is 13.9. The number of aromatic nitrogens is 2. The normalized spacial score (nSPS) is 19.5. The van der Waals surface area contributed by atoms with Crippen molar-refractivity contribution in [1.82, 2.24) is 9.55 Å². The Kier molecular flexibility index (Phi) is 4.07. The first-order valence-corrected chi connectivity index (χ1v) is 8.31. The summed E-state index contributed by atoms with van der Waals surface area (Å²) in [5, 5.41) is 0. The third-order valence-electron chi connectivity index (χ3n) is 4.78. The number of fused-ring (bicyclic) bond motifs is 1. The highest BCUT2D eigenvalue weighted by molar-refractivity contribution is 5.38. The van der Waals surface area contributed by atoms with Gasteiger partial charge in [-0.25, -0.2) is 4.98 Å². The van der Waals surface area contributed by atoms with Crippen molar-refractivity contribution in [3.8, 4) is 0 Å². The quantitative estimate of drug-likeness (QED) is 0.683. The molecule has 2 aromatic carbocycles. The molecule has 1 aliphatic heterocycles. The van der Waals surface area contributed by atoms with E-state index in [2.05, 4.69) is 4.98 Å². The molecule has 0 spiro atoms. The van der Waals surface area contributed by atoms with E-state index in [0.717, 1.165) is 28.8 Å². The Morgan fingerprint density at radius 2 is 1.85 bits per heavy atom. The van der Waals surface area contributed by atoms with E-state index >= 15 is 0 Å². The van der Waals surface area contributed by atoms with Crippen molar-refractivity contribution in [2.24, 2.45) is 0 Å². The predicted octanol–water partition coefficient (Wildman–Crippen LogP) is 4.57. The van der Waals surface area contributed by atoms with E-state index in [0.29, 0.717) is 19.6 Å². The second-order valence-electron chi connectivity index (χ2n) is 6.55. The van der Waals surface area contributed by atoms with Crippen LogP contribution in [0.3, 0.4) is 0 Å². The van der Waals surface area contributed by atoms with Gasteiger partial charge < -0.3 is 9.30 Å². The molecule has 0 fully saturated rings. The summed E-state index contributed by atoms with van der Waals surface area (Å²) >= 11 is 0. The molecule has 0 N–H and O–H groups in total. The molecule has 4 rings (SSSR count). The van der Waals surface area contributed by atoms with E-state index in [1.54, 1.807) is 12.5 Å². The minimum absolute atomic E-state index is 0.486. The Hall–Kier alpha value is -2.60. The number of alkyl halides is 3. The van der Waals surface area contributed by atoms with Crippen LogP contribution < -0.4 is 0 Å². The Morgan fingerprint density at radius 1 is 1.08 bits per heavy atom. The van der Waals surface area contributed by atoms with Gasteiger partial charge in [0.1, 0.15) is 5.60 Å². The summed E-state index contributed by atoms with van der Waals surface area (Å²) in [5.41, 5.74) is 1.72. The molecule has 0 bridgehead atoms. The maximum absolute atomic E-state index is 12.8. The van der Waals surface area contributed by atoms with E-state index in [-0.39, 0.29) is 0 Å². The fourth-order valence-corrected chi connectivity index (χ4v) is 3.53. The SMILES string of the molecule is FC(F)(F)c1ccc(CC2(Cn3ccnc3)OCc3ccccc32)cc1. The van der Waals surface area contributed by atoms with Crippen LogP contribution in [-0.2, 0) is 36.1 Å². The van der Waals surface area contributed by atoms with Gasteiger partial charge in [-0.3, -0.25) is 0 Å². The van der Waals surface area contributed by atoms with Gasteiger partial charge in [0.05, 0.1) is 25.0 Å². The molecule has 1 aromatic heterocycles. The van der Waals surface area contributed by atoms with Crippen molar-refractivity contribution in [2.45, 2.75) is 31.3 Å². The number of hydrogen-bond donors (Lipinski definition) is 0.